The highest BCUT2D eigenvalue weighted by Crippen LogP contribution is 2.23. The monoisotopic (exact) mass is 226 g/mol. The van der Waals surface area contributed by atoms with Crippen molar-refractivity contribution in [1.82, 2.24) is 14.4 Å². The Hall–Kier alpha value is -1.33. The number of halogens is 1. The standard InChI is InChI=1S/C9H11ClN4O/c1-5(11)8-9(10)14-4-7(15-2)12-3-6(14)13-8/h3-5H,11H2,1-2H3. The normalized spacial score (nSPS) is 13.1. The number of ether oxygens (including phenoxy) is 1. The van der Waals surface area contributed by atoms with E-state index in [1.165, 1.54) is 0 Å². The largest absolute Gasteiger partial charge is 0.480 e. The van der Waals surface area contributed by atoms with Gasteiger partial charge in [-0.1, -0.05) is 11.6 Å². The van der Waals surface area contributed by atoms with Gasteiger partial charge in [-0.25, -0.2) is 9.97 Å². The summed E-state index contributed by atoms with van der Waals surface area (Å²) in [6.45, 7) is 1.83. The van der Waals surface area contributed by atoms with E-state index in [0.29, 0.717) is 22.4 Å². The lowest BCUT2D eigenvalue weighted by Gasteiger charge is -2.00. The van der Waals surface area contributed by atoms with Crippen molar-refractivity contribution < 1.29 is 4.74 Å². The minimum absolute atomic E-state index is 0.205. The molecule has 2 N–H and O–H groups in total. The zero-order valence-electron chi connectivity index (χ0n) is 8.44. The van der Waals surface area contributed by atoms with Crippen LogP contribution >= 0.6 is 11.6 Å². The number of imidazole rings is 1. The van der Waals surface area contributed by atoms with E-state index in [1.54, 1.807) is 23.9 Å². The molecule has 0 spiro atoms. The maximum absolute atomic E-state index is 6.12. The van der Waals surface area contributed by atoms with Crippen molar-refractivity contribution in [1.29, 1.82) is 0 Å². The molecule has 2 aromatic heterocycles. The fraction of sp³-hybridized carbons (Fsp3) is 0.333. The number of nitrogens with zero attached hydrogens (tertiary/aromatic N) is 3. The van der Waals surface area contributed by atoms with Crippen LogP contribution in [0.15, 0.2) is 12.4 Å². The molecule has 0 saturated carbocycles. The van der Waals surface area contributed by atoms with Crippen molar-refractivity contribution in [2.45, 2.75) is 13.0 Å². The lowest BCUT2D eigenvalue weighted by atomic mass is 10.3. The Bertz CT molecular complexity index is 494. The fourth-order valence-electron chi connectivity index (χ4n) is 1.32. The maximum Gasteiger partial charge on any atom is 0.230 e. The van der Waals surface area contributed by atoms with Crippen molar-refractivity contribution >= 4 is 17.2 Å². The first-order valence-corrected chi connectivity index (χ1v) is 4.84. The van der Waals surface area contributed by atoms with Crippen molar-refractivity contribution in [3.8, 4) is 5.88 Å². The van der Waals surface area contributed by atoms with Crippen LogP contribution < -0.4 is 10.5 Å². The molecule has 0 aliphatic rings. The van der Waals surface area contributed by atoms with Crippen LogP contribution in [0.1, 0.15) is 18.7 Å². The molecule has 2 heterocycles. The molecule has 0 aromatic carbocycles. The van der Waals surface area contributed by atoms with E-state index in [4.69, 9.17) is 22.1 Å². The van der Waals surface area contributed by atoms with Crippen molar-refractivity contribution in [3.05, 3.63) is 23.2 Å². The van der Waals surface area contributed by atoms with Gasteiger partial charge in [0.05, 0.1) is 25.2 Å². The van der Waals surface area contributed by atoms with Gasteiger partial charge in [-0.05, 0) is 6.92 Å². The van der Waals surface area contributed by atoms with Gasteiger partial charge in [0, 0.05) is 6.04 Å². The summed E-state index contributed by atoms with van der Waals surface area (Å²) in [6, 6.07) is -0.205. The topological polar surface area (TPSA) is 65.4 Å². The Morgan fingerprint density at radius 2 is 2.33 bits per heavy atom. The van der Waals surface area contributed by atoms with Crippen LogP contribution in [0.25, 0.3) is 5.65 Å². The summed E-state index contributed by atoms with van der Waals surface area (Å²) >= 11 is 6.12. The van der Waals surface area contributed by atoms with Crippen LogP contribution in [-0.4, -0.2) is 21.5 Å². The van der Waals surface area contributed by atoms with Crippen LogP contribution in [0.2, 0.25) is 5.15 Å². The Labute approximate surface area is 91.8 Å². The second-order valence-corrected chi connectivity index (χ2v) is 3.59. The number of methoxy groups -OCH3 is 1. The minimum atomic E-state index is -0.205. The molecular weight excluding hydrogens is 216 g/mol. The molecular formula is C9H11ClN4O. The highest BCUT2D eigenvalue weighted by atomic mass is 35.5. The summed E-state index contributed by atoms with van der Waals surface area (Å²) in [6.07, 6.45) is 3.27. The second-order valence-electron chi connectivity index (χ2n) is 3.23. The molecule has 0 amide bonds. The van der Waals surface area contributed by atoms with Crippen molar-refractivity contribution in [2.75, 3.05) is 7.11 Å². The van der Waals surface area contributed by atoms with Crippen LogP contribution in [0.5, 0.6) is 5.88 Å². The van der Waals surface area contributed by atoms with E-state index in [-0.39, 0.29) is 6.04 Å². The third-order valence-electron chi connectivity index (χ3n) is 2.09. The van der Waals surface area contributed by atoms with Crippen LogP contribution in [0.4, 0.5) is 0 Å². The van der Waals surface area contributed by atoms with E-state index in [9.17, 15) is 0 Å². The van der Waals surface area contributed by atoms with Gasteiger partial charge < -0.3 is 10.5 Å². The summed E-state index contributed by atoms with van der Waals surface area (Å²) in [7, 11) is 1.55. The van der Waals surface area contributed by atoms with E-state index in [0.717, 1.165) is 0 Å². The molecule has 0 fully saturated rings. The zero-order chi connectivity index (χ0) is 11.0. The number of aromatic nitrogens is 3. The summed E-state index contributed by atoms with van der Waals surface area (Å²) in [5.74, 6) is 0.484. The Kier molecular flexibility index (Phi) is 2.50. The molecule has 6 heteroatoms. The number of fused-ring (bicyclic) bond motifs is 1. The van der Waals surface area contributed by atoms with Gasteiger partial charge in [-0.15, -0.1) is 0 Å². The van der Waals surface area contributed by atoms with Gasteiger partial charge in [0.15, 0.2) is 5.65 Å². The second kappa shape index (κ2) is 3.67. The fourth-order valence-corrected chi connectivity index (χ4v) is 1.67. The van der Waals surface area contributed by atoms with E-state index >= 15 is 0 Å². The predicted molar refractivity (Wildman–Crippen MR) is 57.2 cm³/mol. The van der Waals surface area contributed by atoms with Gasteiger partial charge in [0.1, 0.15) is 5.15 Å². The van der Waals surface area contributed by atoms with E-state index < -0.39 is 0 Å². The SMILES string of the molecule is COc1cn2c(Cl)c(C(C)N)nc2cn1. The lowest BCUT2D eigenvalue weighted by molar-refractivity contribution is 0.395. The average Bonchev–Trinajstić information content (AvgIpc) is 2.56. The van der Waals surface area contributed by atoms with Crippen molar-refractivity contribution in [2.24, 2.45) is 5.73 Å². The van der Waals surface area contributed by atoms with Crippen LogP contribution in [-0.2, 0) is 0 Å². The van der Waals surface area contributed by atoms with E-state index in [1.807, 2.05) is 6.92 Å². The predicted octanol–water partition coefficient (Wildman–Crippen LogP) is 1.41. The Morgan fingerprint density at radius 1 is 1.60 bits per heavy atom. The number of nitrogens with two attached hydrogens (primary N) is 1. The average molecular weight is 227 g/mol. The number of hydrogen-bond acceptors (Lipinski definition) is 4. The summed E-state index contributed by atoms with van der Waals surface area (Å²) < 4.78 is 6.70. The Morgan fingerprint density at radius 3 is 2.93 bits per heavy atom. The molecule has 0 saturated heterocycles. The molecule has 2 aromatic rings. The van der Waals surface area contributed by atoms with Gasteiger partial charge in [0.2, 0.25) is 5.88 Å². The zero-order valence-corrected chi connectivity index (χ0v) is 9.19. The molecule has 0 aliphatic heterocycles. The van der Waals surface area contributed by atoms with Gasteiger partial charge in [-0.2, -0.15) is 0 Å². The smallest absolute Gasteiger partial charge is 0.230 e. The minimum Gasteiger partial charge on any atom is -0.480 e. The summed E-state index contributed by atoms with van der Waals surface area (Å²) in [4.78, 5) is 8.31. The van der Waals surface area contributed by atoms with Gasteiger partial charge >= 0.3 is 0 Å². The Balaban J connectivity index is 2.66. The lowest BCUT2D eigenvalue weighted by Crippen LogP contribution is -2.05. The molecule has 2 rings (SSSR count). The van der Waals surface area contributed by atoms with E-state index in [2.05, 4.69) is 9.97 Å². The highest BCUT2D eigenvalue weighted by Gasteiger charge is 2.14. The van der Waals surface area contributed by atoms with Crippen LogP contribution in [0.3, 0.4) is 0 Å². The van der Waals surface area contributed by atoms with Gasteiger partial charge in [-0.3, -0.25) is 4.40 Å². The quantitative estimate of drug-likeness (QED) is 0.841. The number of rotatable bonds is 2. The molecule has 1 unspecified atom stereocenters. The van der Waals surface area contributed by atoms with Crippen LogP contribution in [0, 0.1) is 0 Å². The molecule has 5 nitrogen and oxygen atoms in total. The first-order valence-electron chi connectivity index (χ1n) is 4.46. The number of hydrogen-bond donors (Lipinski definition) is 1. The maximum atomic E-state index is 6.12. The van der Waals surface area contributed by atoms with Gasteiger partial charge in [0.25, 0.3) is 0 Å². The summed E-state index contributed by atoms with van der Waals surface area (Å²) in [5.41, 5.74) is 7.06. The molecule has 15 heavy (non-hydrogen) atoms. The first kappa shape index (κ1) is 10.2. The summed E-state index contributed by atoms with van der Waals surface area (Å²) in [5, 5.41) is 0.501. The molecule has 0 aliphatic carbocycles. The third kappa shape index (κ3) is 1.64. The molecule has 1 atom stereocenters. The highest BCUT2D eigenvalue weighted by molar-refractivity contribution is 6.30. The first-order chi connectivity index (χ1) is 7.13. The molecule has 80 valence electrons. The molecule has 0 bridgehead atoms. The molecule has 0 radical (unpaired) electrons. The third-order valence-corrected chi connectivity index (χ3v) is 2.47. The van der Waals surface area contributed by atoms with Crippen molar-refractivity contribution in [3.63, 3.8) is 0 Å².